The van der Waals surface area contributed by atoms with Gasteiger partial charge in [-0.3, -0.25) is 4.79 Å². The van der Waals surface area contributed by atoms with Crippen LogP contribution in [0.25, 0.3) is 0 Å². The first kappa shape index (κ1) is 13.6. The van der Waals surface area contributed by atoms with Gasteiger partial charge in [-0.1, -0.05) is 52.7 Å². The van der Waals surface area contributed by atoms with Crippen LogP contribution in [-0.2, 0) is 11.3 Å². The maximum Gasteiger partial charge on any atom is 0.236 e. The Labute approximate surface area is 117 Å². The van der Waals surface area contributed by atoms with Gasteiger partial charge in [-0.2, -0.15) is 0 Å². The van der Waals surface area contributed by atoms with Crippen LogP contribution in [-0.4, -0.2) is 21.7 Å². The zero-order valence-corrected chi connectivity index (χ0v) is 12.6. The van der Waals surface area contributed by atoms with Crippen molar-refractivity contribution in [3.05, 3.63) is 35.4 Å². The van der Waals surface area contributed by atoms with E-state index in [0.29, 0.717) is 6.04 Å². The Morgan fingerprint density at radius 3 is 2.50 bits per heavy atom. The van der Waals surface area contributed by atoms with Gasteiger partial charge in [-0.25, -0.2) is 0 Å². The molecule has 1 aliphatic carbocycles. The van der Waals surface area contributed by atoms with Crippen LogP contribution in [0.2, 0.25) is 0 Å². The lowest BCUT2D eigenvalue weighted by Gasteiger charge is -2.25. The Morgan fingerprint density at radius 1 is 1.39 bits per heavy atom. The molecule has 1 amide bonds. The minimum atomic E-state index is -0.0384. The maximum absolute atomic E-state index is 12.3. The molecule has 1 saturated carbocycles. The van der Waals surface area contributed by atoms with Gasteiger partial charge < -0.3 is 4.90 Å². The van der Waals surface area contributed by atoms with E-state index >= 15 is 0 Å². The van der Waals surface area contributed by atoms with Crippen molar-refractivity contribution in [3.8, 4) is 0 Å². The van der Waals surface area contributed by atoms with Gasteiger partial charge in [0, 0.05) is 12.6 Å². The monoisotopic (exact) mass is 309 g/mol. The first-order valence-corrected chi connectivity index (χ1v) is 7.53. The Hall–Kier alpha value is -0.830. The van der Waals surface area contributed by atoms with E-state index in [1.165, 1.54) is 11.1 Å². The number of rotatable bonds is 5. The van der Waals surface area contributed by atoms with Crippen LogP contribution in [0.15, 0.2) is 24.3 Å². The molecule has 1 unspecified atom stereocenters. The number of hydrogen-bond donors (Lipinski definition) is 0. The average molecular weight is 310 g/mol. The topological polar surface area (TPSA) is 20.3 Å². The zero-order valence-electron chi connectivity index (χ0n) is 11.0. The van der Waals surface area contributed by atoms with Crippen LogP contribution in [0.3, 0.4) is 0 Å². The van der Waals surface area contributed by atoms with E-state index in [0.717, 1.165) is 25.8 Å². The highest BCUT2D eigenvalue weighted by Crippen LogP contribution is 2.30. The lowest BCUT2D eigenvalue weighted by molar-refractivity contribution is -0.131. The smallest absolute Gasteiger partial charge is 0.236 e. The summed E-state index contributed by atoms with van der Waals surface area (Å²) in [6.07, 6.45) is 3.15. The molecule has 1 aliphatic rings. The molecule has 0 saturated heterocycles. The molecule has 98 valence electrons. The van der Waals surface area contributed by atoms with E-state index in [4.69, 9.17) is 0 Å². The van der Waals surface area contributed by atoms with Crippen molar-refractivity contribution in [1.29, 1.82) is 0 Å². The summed E-state index contributed by atoms with van der Waals surface area (Å²) in [5.74, 6) is 0.237. The van der Waals surface area contributed by atoms with Crippen LogP contribution in [0.4, 0.5) is 0 Å². The summed E-state index contributed by atoms with van der Waals surface area (Å²) in [6, 6.07) is 8.91. The van der Waals surface area contributed by atoms with Crippen LogP contribution >= 0.6 is 15.9 Å². The maximum atomic E-state index is 12.3. The van der Waals surface area contributed by atoms with Gasteiger partial charge in [0.25, 0.3) is 0 Å². The number of halogens is 1. The Bertz CT molecular complexity index is 411. The van der Waals surface area contributed by atoms with Crippen LogP contribution in [0, 0.1) is 6.92 Å². The molecule has 0 spiro atoms. The lowest BCUT2D eigenvalue weighted by Crippen LogP contribution is -2.37. The number of hydrogen-bond acceptors (Lipinski definition) is 1. The molecule has 0 heterocycles. The van der Waals surface area contributed by atoms with Crippen LogP contribution in [0.1, 0.15) is 37.3 Å². The number of carbonyl (C=O) groups is 1. The molecule has 1 atom stereocenters. The minimum Gasteiger partial charge on any atom is -0.334 e. The normalized spacial score (nSPS) is 16.4. The Kier molecular flexibility index (Phi) is 4.44. The second kappa shape index (κ2) is 5.87. The highest BCUT2D eigenvalue weighted by atomic mass is 79.9. The second-order valence-electron chi connectivity index (χ2n) is 5.06. The van der Waals surface area contributed by atoms with E-state index in [-0.39, 0.29) is 10.7 Å². The first-order chi connectivity index (χ1) is 8.61. The summed E-state index contributed by atoms with van der Waals surface area (Å²) in [5.41, 5.74) is 2.48. The van der Waals surface area contributed by atoms with Crippen molar-refractivity contribution in [3.63, 3.8) is 0 Å². The Balaban J connectivity index is 2.06. The summed E-state index contributed by atoms with van der Waals surface area (Å²) in [6.45, 7) is 4.86. The fraction of sp³-hybridized carbons (Fsp3) is 0.533. The SMILES string of the molecule is CCC(Br)C(=O)N(Cc1ccc(C)cc1)C1CC1. The van der Waals surface area contributed by atoms with E-state index in [9.17, 15) is 4.79 Å². The van der Waals surface area contributed by atoms with Gasteiger partial charge in [-0.05, 0) is 31.7 Å². The number of amides is 1. The number of nitrogens with zero attached hydrogens (tertiary/aromatic N) is 1. The average Bonchev–Trinajstić information content (AvgIpc) is 3.20. The molecule has 2 rings (SSSR count). The molecule has 0 aliphatic heterocycles. The molecular formula is C15H20BrNO. The molecule has 1 aromatic carbocycles. The predicted molar refractivity (Wildman–Crippen MR) is 77.8 cm³/mol. The number of aryl methyl sites for hydroxylation is 1. The van der Waals surface area contributed by atoms with Gasteiger partial charge in [-0.15, -0.1) is 0 Å². The van der Waals surface area contributed by atoms with Crippen molar-refractivity contribution in [2.75, 3.05) is 0 Å². The largest absolute Gasteiger partial charge is 0.334 e. The van der Waals surface area contributed by atoms with Gasteiger partial charge in [0.05, 0.1) is 4.83 Å². The number of alkyl halides is 1. The summed E-state index contributed by atoms with van der Waals surface area (Å²) in [5, 5.41) is 0. The zero-order chi connectivity index (χ0) is 13.1. The first-order valence-electron chi connectivity index (χ1n) is 6.62. The standard InChI is InChI=1S/C15H20BrNO/c1-3-14(16)15(18)17(13-8-9-13)10-12-6-4-11(2)5-7-12/h4-7,13-14H,3,8-10H2,1-2H3. The third-order valence-electron chi connectivity index (χ3n) is 3.37. The summed E-state index contributed by atoms with van der Waals surface area (Å²) >= 11 is 3.47. The number of carbonyl (C=O) groups excluding carboxylic acids is 1. The molecular weight excluding hydrogens is 290 g/mol. The minimum absolute atomic E-state index is 0.0384. The molecule has 0 bridgehead atoms. The van der Waals surface area contributed by atoms with Crippen molar-refractivity contribution in [2.24, 2.45) is 0 Å². The van der Waals surface area contributed by atoms with Gasteiger partial charge in [0.1, 0.15) is 0 Å². The summed E-state index contributed by atoms with van der Waals surface area (Å²) in [4.78, 5) is 14.3. The third-order valence-corrected chi connectivity index (χ3v) is 4.41. The highest BCUT2D eigenvalue weighted by molar-refractivity contribution is 9.10. The molecule has 0 radical (unpaired) electrons. The fourth-order valence-electron chi connectivity index (χ4n) is 2.02. The molecule has 1 fully saturated rings. The summed E-state index contributed by atoms with van der Waals surface area (Å²) in [7, 11) is 0. The molecule has 0 N–H and O–H groups in total. The van der Waals surface area contributed by atoms with Gasteiger partial charge >= 0.3 is 0 Å². The van der Waals surface area contributed by atoms with Gasteiger partial charge in [0.15, 0.2) is 0 Å². The predicted octanol–water partition coefficient (Wildman–Crippen LogP) is 3.66. The quantitative estimate of drug-likeness (QED) is 0.760. The third kappa shape index (κ3) is 3.35. The lowest BCUT2D eigenvalue weighted by atomic mass is 10.1. The fourth-order valence-corrected chi connectivity index (χ4v) is 2.28. The molecule has 18 heavy (non-hydrogen) atoms. The number of benzene rings is 1. The van der Waals surface area contributed by atoms with E-state index in [1.54, 1.807) is 0 Å². The van der Waals surface area contributed by atoms with Crippen molar-refractivity contribution < 1.29 is 4.79 Å². The van der Waals surface area contributed by atoms with Gasteiger partial charge in [0.2, 0.25) is 5.91 Å². The van der Waals surface area contributed by atoms with Crippen molar-refractivity contribution in [2.45, 2.75) is 50.5 Å². The van der Waals surface area contributed by atoms with Crippen LogP contribution in [0.5, 0.6) is 0 Å². The molecule has 1 aromatic rings. The molecule has 2 nitrogen and oxygen atoms in total. The Morgan fingerprint density at radius 2 is 2.00 bits per heavy atom. The van der Waals surface area contributed by atoms with Crippen molar-refractivity contribution >= 4 is 21.8 Å². The van der Waals surface area contributed by atoms with E-state index < -0.39 is 0 Å². The van der Waals surface area contributed by atoms with Crippen LogP contribution < -0.4 is 0 Å². The van der Waals surface area contributed by atoms with Crippen molar-refractivity contribution in [1.82, 2.24) is 4.90 Å². The van der Waals surface area contributed by atoms with E-state index in [2.05, 4.69) is 47.1 Å². The molecule has 0 aromatic heterocycles. The second-order valence-corrected chi connectivity index (χ2v) is 6.16. The molecule has 3 heteroatoms. The highest BCUT2D eigenvalue weighted by Gasteiger charge is 2.34. The summed E-state index contributed by atoms with van der Waals surface area (Å²) < 4.78 is 0. The van der Waals surface area contributed by atoms with E-state index in [1.807, 2.05) is 11.8 Å².